The van der Waals surface area contributed by atoms with E-state index in [1.807, 2.05) is 0 Å². The van der Waals surface area contributed by atoms with Crippen LogP contribution in [0.1, 0.15) is 73.9 Å². The van der Waals surface area contributed by atoms with Crippen molar-refractivity contribution in [3.8, 4) is 0 Å². The monoisotopic (exact) mass is 495 g/mol. The largest absolute Gasteiger partial charge is 0.313 e. The van der Waals surface area contributed by atoms with E-state index in [1.54, 1.807) is 0 Å². The van der Waals surface area contributed by atoms with Gasteiger partial charge in [-0.3, -0.25) is 0 Å². The molecule has 0 saturated heterocycles. The van der Waals surface area contributed by atoms with Crippen LogP contribution in [0.15, 0.2) is 96.7 Å². The summed E-state index contributed by atoms with van der Waals surface area (Å²) in [6, 6.07) is 23.2. The summed E-state index contributed by atoms with van der Waals surface area (Å²) in [4.78, 5) is 2.52. The molecule has 38 heavy (non-hydrogen) atoms. The van der Waals surface area contributed by atoms with Crippen LogP contribution in [-0.4, -0.2) is 0 Å². The number of fused-ring (bicyclic) bond motifs is 6. The summed E-state index contributed by atoms with van der Waals surface area (Å²) >= 11 is 0. The highest BCUT2D eigenvalue weighted by atomic mass is 15.2. The molecule has 0 N–H and O–H groups in total. The summed E-state index contributed by atoms with van der Waals surface area (Å²) < 4.78 is 0. The average molecular weight is 496 g/mol. The molecule has 1 heteroatoms. The van der Waals surface area contributed by atoms with Crippen LogP contribution in [0.2, 0.25) is 0 Å². The molecule has 0 aromatic heterocycles. The minimum absolute atomic E-state index is 0.00728. The van der Waals surface area contributed by atoms with Gasteiger partial charge in [0.05, 0.1) is 5.69 Å². The Labute approximate surface area is 227 Å². The molecular weight excluding hydrogens is 458 g/mol. The fourth-order valence-electron chi connectivity index (χ4n) is 7.70. The van der Waals surface area contributed by atoms with Crippen molar-refractivity contribution < 1.29 is 0 Å². The third kappa shape index (κ3) is 2.99. The third-order valence-corrected chi connectivity index (χ3v) is 10.2. The van der Waals surface area contributed by atoms with Crippen LogP contribution >= 0.6 is 0 Å². The average Bonchev–Trinajstić information content (AvgIpc) is 3.25. The lowest BCUT2D eigenvalue weighted by Crippen LogP contribution is -2.35. The Morgan fingerprint density at radius 3 is 2.34 bits per heavy atom. The number of aryl methyl sites for hydroxylation is 2. The van der Waals surface area contributed by atoms with Crippen molar-refractivity contribution >= 4 is 22.5 Å². The smallest absolute Gasteiger partial charge is 0.0506 e. The van der Waals surface area contributed by atoms with Crippen LogP contribution in [0, 0.1) is 19.3 Å². The first kappa shape index (κ1) is 23.5. The zero-order chi connectivity index (χ0) is 26.4. The van der Waals surface area contributed by atoms with E-state index in [-0.39, 0.29) is 16.2 Å². The Bertz CT molecular complexity index is 1620. The van der Waals surface area contributed by atoms with Gasteiger partial charge < -0.3 is 4.90 Å². The molecule has 2 unspecified atom stereocenters. The highest BCUT2D eigenvalue weighted by molar-refractivity contribution is 5.94. The number of hydrogen-bond donors (Lipinski definition) is 0. The minimum Gasteiger partial charge on any atom is -0.313 e. The predicted octanol–water partition coefficient (Wildman–Crippen LogP) is 9.72. The van der Waals surface area contributed by atoms with Gasteiger partial charge in [0.2, 0.25) is 0 Å². The molecule has 4 aliphatic rings. The van der Waals surface area contributed by atoms with E-state index in [0.717, 1.165) is 12.8 Å². The number of hydrogen-bond acceptors (Lipinski definition) is 1. The SMILES string of the molecule is Cc1cc(C)cc(N2C3=CC=CCC3(C)c3ccc(C4=CCC5(C)C(=C4)c4ccccc4C5(C)C)cc32)c1. The number of allylic oxidation sites excluding steroid dienone is 8. The molecule has 0 saturated carbocycles. The lowest BCUT2D eigenvalue weighted by Gasteiger charge is -2.41. The molecule has 0 radical (unpaired) electrons. The maximum absolute atomic E-state index is 2.52. The molecule has 0 fully saturated rings. The molecule has 7 rings (SSSR count). The second kappa shape index (κ2) is 7.73. The zero-order valence-electron chi connectivity index (χ0n) is 23.5. The summed E-state index contributed by atoms with van der Waals surface area (Å²) in [7, 11) is 0. The molecule has 0 bridgehead atoms. The van der Waals surface area contributed by atoms with Gasteiger partial charge in [0.1, 0.15) is 0 Å². The van der Waals surface area contributed by atoms with E-state index >= 15 is 0 Å². The normalized spacial score (nSPS) is 26.2. The van der Waals surface area contributed by atoms with Crippen LogP contribution < -0.4 is 4.90 Å². The van der Waals surface area contributed by atoms with Gasteiger partial charge in [-0.25, -0.2) is 0 Å². The maximum atomic E-state index is 2.52. The number of benzene rings is 3. The molecule has 0 spiro atoms. The molecule has 0 amide bonds. The van der Waals surface area contributed by atoms with E-state index in [9.17, 15) is 0 Å². The molecular formula is C37H37N. The summed E-state index contributed by atoms with van der Waals surface area (Å²) in [6.45, 7) is 14.1. The van der Waals surface area contributed by atoms with Gasteiger partial charge in [-0.1, -0.05) is 87.5 Å². The van der Waals surface area contributed by atoms with Gasteiger partial charge in [0, 0.05) is 22.2 Å². The fraction of sp³-hybridized carbons (Fsp3) is 0.297. The highest BCUT2D eigenvalue weighted by Crippen LogP contribution is 2.62. The Balaban J connectivity index is 1.38. The molecule has 1 nitrogen and oxygen atoms in total. The fourth-order valence-corrected chi connectivity index (χ4v) is 7.70. The van der Waals surface area contributed by atoms with Crippen molar-refractivity contribution in [1.82, 2.24) is 0 Å². The molecule has 1 heterocycles. The van der Waals surface area contributed by atoms with E-state index < -0.39 is 0 Å². The van der Waals surface area contributed by atoms with Gasteiger partial charge in [0.15, 0.2) is 0 Å². The van der Waals surface area contributed by atoms with Crippen LogP contribution in [0.25, 0.3) is 11.1 Å². The van der Waals surface area contributed by atoms with Gasteiger partial charge >= 0.3 is 0 Å². The summed E-state index contributed by atoms with van der Waals surface area (Å²) in [5.74, 6) is 0. The molecule has 1 aliphatic heterocycles. The third-order valence-electron chi connectivity index (χ3n) is 10.2. The van der Waals surface area contributed by atoms with Crippen LogP contribution in [-0.2, 0) is 10.8 Å². The van der Waals surface area contributed by atoms with Crippen molar-refractivity contribution in [2.24, 2.45) is 5.41 Å². The zero-order valence-corrected chi connectivity index (χ0v) is 23.5. The van der Waals surface area contributed by atoms with Crippen LogP contribution in [0.4, 0.5) is 11.4 Å². The van der Waals surface area contributed by atoms with Gasteiger partial charge in [-0.2, -0.15) is 0 Å². The lowest BCUT2D eigenvalue weighted by atomic mass is 9.62. The molecule has 3 aliphatic carbocycles. The van der Waals surface area contributed by atoms with Crippen LogP contribution in [0.5, 0.6) is 0 Å². The molecule has 3 aromatic rings. The Kier molecular flexibility index (Phi) is 4.79. The maximum Gasteiger partial charge on any atom is 0.0506 e. The van der Waals surface area contributed by atoms with E-state index in [2.05, 4.69) is 137 Å². The molecule has 2 atom stereocenters. The topological polar surface area (TPSA) is 3.24 Å². The van der Waals surface area contributed by atoms with Crippen molar-refractivity contribution in [3.05, 3.63) is 130 Å². The van der Waals surface area contributed by atoms with E-state index in [4.69, 9.17) is 0 Å². The van der Waals surface area contributed by atoms with Gasteiger partial charge in [0.25, 0.3) is 0 Å². The minimum atomic E-state index is -0.00728. The first-order valence-corrected chi connectivity index (χ1v) is 14.1. The second-order valence-corrected chi connectivity index (χ2v) is 12.9. The number of anilines is 2. The quantitative estimate of drug-likeness (QED) is 0.342. The Morgan fingerprint density at radius 1 is 0.789 bits per heavy atom. The van der Waals surface area contributed by atoms with Gasteiger partial charge in [-0.05, 0) is 108 Å². The first-order chi connectivity index (χ1) is 18.1. The standard InChI is InChI=1S/C37H37N/c1-24-19-25(2)21-28(20-24)38-33-23-26(14-15-31(33)36(5)17-10-9-13-34(36)38)27-16-18-37(6)32(22-27)29-11-7-8-12-30(29)35(37,3)4/h7-16,19-23H,17-18H2,1-6H3. The van der Waals surface area contributed by atoms with E-state index in [1.165, 1.54) is 61.6 Å². The van der Waals surface area contributed by atoms with Crippen LogP contribution in [0.3, 0.4) is 0 Å². The molecule has 190 valence electrons. The summed E-state index contributed by atoms with van der Waals surface area (Å²) in [5, 5.41) is 0. The van der Waals surface area contributed by atoms with Crippen molar-refractivity contribution in [2.45, 2.75) is 65.2 Å². The van der Waals surface area contributed by atoms with Crippen molar-refractivity contribution in [2.75, 3.05) is 4.90 Å². The Hall–Kier alpha value is -3.58. The number of nitrogens with zero attached hydrogens (tertiary/aromatic N) is 1. The highest BCUT2D eigenvalue weighted by Gasteiger charge is 2.52. The Morgan fingerprint density at radius 2 is 1.55 bits per heavy atom. The van der Waals surface area contributed by atoms with Crippen molar-refractivity contribution in [3.63, 3.8) is 0 Å². The molecule has 3 aromatic carbocycles. The van der Waals surface area contributed by atoms with E-state index in [0.29, 0.717) is 0 Å². The summed E-state index contributed by atoms with van der Waals surface area (Å²) in [5.41, 5.74) is 15.3. The first-order valence-electron chi connectivity index (χ1n) is 14.1. The number of rotatable bonds is 2. The lowest BCUT2D eigenvalue weighted by molar-refractivity contribution is 0.272. The summed E-state index contributed by atoms with van der Waals surface area (Å²) in [6.07, 6.45) is 13.9. The predicted molar refractivity (Wildman–Crippen MR) is 162 cm³/mol. The second-order valence-electron chi connectivity index (χ2n) is 12.9. The van der Waals surface area contributed by atoms with Crippen molar-refractivity contribution in [1.29, 1.82) is 0 Å². The van der Waals surface area contributed by atoms with Gasteiger partial charge in [-0.15, -0.1) is 0 Å².